The van der Waals surface area contributed by atoms with Crippen molar-refractivity contribution in [3.8, 4) is 0 Å². The molecule has 4 rings (SSSR count). The third kappa shape index (κ3) is 4.42. The van der Waals surface area contributed by atoms with Gasteiger partial charge >= 0.3 is 0 Å². The van der Waals surface area contributed by atoms with Crippen molar-refractivity contribution < 1.29 is 4.79 Å². The first-order valence-electron chi connectivity index (χ1n) is 10.4. The fourth-order valence-corrected chi connectivity index (χ4v) is 8.21. The molecule has 0 N–H and O–H groups in total. The summed E-state index contributed by atoms with van der Waals surface area (Å²) in [5, 5.41) is 3.78. The van der Waals surface area contributed by atoms with E-state index in [1.807, 2.05) is 36.4 Å². The van der Waals surface area contributed by atoms with Gasteiger partial charge in [0.1, 0.15) is 29.3 Å². The van der Waals surface area contributed by atoms with E-state index in [0.29, 0.717) is 18.4 Å². The minimum atomic E-state index is -2.08. The van der Waals surface area contributed by atoms with E-state index < -0.39 is 7.26 Å². The molecule has 0 saturated carbocycles. The molecule has 4 aromatic rings. The number of Topliss-reactive ketones (excluding diaryl/α,β-unsaturated/α-hetero) is 1. The normalized spacial score (nSPS) is 11.2. The van der Waals surface area contributed by atoms with Crippen LogP contribution in [0.2, 0.25) is 0 Å². The van der Waals surface area contributed by atoms with E-state index in [2.05, 4.69) is 84.9 Å². The van der Waals surface area contributed by atoms with Crippen molar-refractivity contribution >= 4 is 29.0 Å². The summed E-state index contributed by atoms with van der Waals surface area (Å²) in [7, 11) is -2.08. The monoisotopic (exact) mass is 409 g/mol. The summed E-state index contributed by atoms with van der Waals surface area (Å²) in [6.07, 6.45) is 1.91. The minimum Gasteiger partial charge on any atom is -0.296 e. The third-order valence-electron chi connectivity index (χ3n) is 5.54. The number of hydrogen-bond acceptors (Lipinski definition) is 1. The molecule has 4 aromatic carbocycles. The summed E-state index contributed by atoms with van der Waals surface area (Å²) in [5.74, 6) is 0.323. The van der Waals surface area contributed by atoms with Crippen molar-refractivity contribution in [3.63, 3.8) is 0 Å². The molecule has 0 heterocycles. The molecule has 0 aromatic heterocycles. The maximum Gasteiger partial charge on any atom is 0.171 e. The molecule has 148 valence electrons. The van der Waals surface area contributed by atoms with Crippen molar-refractivity contribution in [2.45, 2.75) is 12.8 Å². The number of carbonyl (C=O) groups is 1. The van der Waals surface area contributed by atoms with Gasteiger partial charge in [-0.25, -0.2) is 0 Å². The molecule has 0 atom stereocenters. The molecule has 0 radical (unpaired) electrons. The van der Waals surface area contributed by atoms with Crippen LogP contribution in [-0.4, -0.2) is 11.9 Å². The molecule has 1 nitrogen and oxygen atoms in total. The molecular formula is C28H26OP+. The molecule has 0 spiro atoms. The second-order valence-electron chi connectivity index (χ2n) is 7.50. The molecule has 0 unspecified atom stereocenters. The minimum absolute atomic E-state index is 0.323. The van der Waals surface area contributed by atoms with Crippen LogP contribution in [0.3, 0.4) is 0 Å². The molecule has 30 heavy (non-hydrogen) atoms. The third-order valence-corrected chi connectivity index (χ3v) is 9.91. The summed E-state index contributed by atoms with van der Waals surface area (Å²) in [6.45, 7) is 0. The molecular weight excluding hydrogens is 383 g/mol. The Balaban J connectivity index is 1.76. The van der Waals surface area contributed by atoms with Crippen molar-refractivity contribution in [2.75, 3.05) is 6.16 Å². The Morgan fingerprint density at radius 3 is 1.30 bits per heavy atom. The quantitative estimate of drug-likeness (QED) is 0.367. The summed E-state index contributed by atoms with van der Waals surface area (Å²) >= 11 is 0. The Morgan fingerprint density at radius 2 is 0.900 bits per heavy atom. The van der Waals surface area contributed by atoms with Crippen LogP contribution >= 0.6 is 7.26 Å². The van der Waals surface area contributed by atoms with Gasteiger partial charge in [-0.1, -0.05) is 84.9 Å². The Kier molecular flexibility index (Phi) is 6.52. The highest BCUT2D eigenvalue weighted by Gasteiger charge is 2.46. The van der Waals surface area contributed by atoms with Gasteiger partial charge in [-0.05, 0) is 48.4 Å². The number of rotatable bonds is 8. The van der Waals surface area contributed by atoms with Crippen molar-refractivity contribution in [1.82, 2.24) is 0 Å². The predicted octanol–water partition coefficient (Wildman–Crippen LogP) is 5.18. The zero-order valence-electron chi connectivity index (χ0n) is 17.0. The Morgan fingerprint density at radius 1 is 0.533 bits per heavy atom. The van der Waals surface area contributed by atoms with Crippen molar-refractivity contribution in [1.29, 1.82) is 0 Å². The number of aryl methyl sites for hydroxylation is 1. The first-order chi connectivity index (χ1) is 14.8. The fraction of sp³-hybridized carbons (Fsp3) is 0.107. The smallest absolute Gasteiger partial charge is 0.171 e. The average Bonchev–Trinajstić information content (AvgIpc) is 2.83. The van der Waals surface area contributed by atoms with E-state index in [0.717, 1.165) is 6.42 Å². The van der Waals surface area contributed by atoms with E-state index in [1.165, 1.54) is 21.5 Å². The highest BCUT2D eigenvalue weighted by molar-refractivity contribution is 7.96. The van der Waals surface area contributed by atoms with Gasteiger partial charge in [0.05, 0.1) is 0 Å². The summed E-state index contributed by atoms with van der Waals surface area (Å²) in [4.78, 5) is 13.4. The van der Waals surface area contributed by atoms with Crippen LogP contribution in [0.1, 0.15) is 12.0 Å². The fourth-order valence-electron chi connectivity index (χ4n) is 4.04. The summed E-state index contributed by atoms with van der Waals surface area (Å²) in [6, 6.07) is 42.1. The van der Waals surface area contributed by atoms with Gasteiger partial charge in [0.2, 0.25) is 0 Å². The molecule has 2 heteroatoms. The van der Waals surface area contributed by atoms with Gasteiger partial charge in [0.15, 0.2) is 5.78 Å². The largest absolute Gasteiger partial charge is 0.296 e. The van der Waals surface area contributed by atoms with Gasteiger partial charge in [0.25, 0.3) is 0 Å². The zero-order chi connectivity index (χ0) is 20.7. The van der Waals surface area contributed by atoms with Gasteiger partial charge in [-0.3, -0.25) is 4.79 Å². The van der Waals surface area contributed by atoms with E-state index in [1.54, 1.807) is 0 Å². The first kappa shape index (κ1) is 20.3. The Hall–Kier alpha value is -3.02. The van der Waals surface area contributed by atoms with Crippen LogP contribution in [0, 0.1) is 0 Å². The SMILES string of the molecule is O=C(CCc1ccccc1)C[P+](c1ccccc1)(c1ccccc1)c1ccccc1. The number of hydrogen-bond donors (Lipinski definition) is 0. The van der Waals surface area contributed by atoms with Gasteiger partial charge in [-0.15, -0.1) is 0 Å². The van der Waals surface area contributed by atoms with E-state index in [4.69, 9.17) is 0 Å². The Bertz CT molecular complexity index is 964. The molecule has 0 saturated heterocycles. The molecule has 0 aliphatic heterocycles. The van der Waals surface area contributed by atoms with Gasteiger partial charge in [-0.2, -0.15) is 0 Å². The summed E-state index contributed by atoms with van der Waals surface area (Å²) in [5.41, 5.74) is 1.22. The lowest BCUT2D eigenvalue weighted by Crippen LogP contribution is -2.35. The zero-order valence-corrected chi connectivity index (χ0v) is 17.9. The second-order valence-corrected chi connectivity index (χ2v) is 11.0. The highest BCUT2D eigenvalue weighted by atomic mass is 31.2. The summed E-state index contributed by atoms with van der Waals surface area (Å²) < 4.78 is 0. The Labute approximate surface area is 179 Å². The van der Waals surface area contributed by atoms with Gasteiger partial charge in [0, 0.05) is 6.42 Å². The van der Waals surface area contributed by atoms with E-state index in [9.17, 15) is 4.79 Å². The van der Waals surface area contributed by atoms with Crippen LogP contribution in [0.4, 0.5) is 0 Å². The van der Waals surface area contributed by atoms with E-state index in [-0.39, 0.29) is 0 Å². The van der Waals surface area contributed by atoms with Crippen LogP contribution in [-0.2, 0) is 11.2 Å². The molecule has 0 fully saturated rings. The maximum absolute atomic E-state index is 13.4. The number of carbonyl (C=O) groups excluding carboxylic acids is 1. The molecule has 0 aliphatic carbocycles. The standard InChI is InChI=1S/C28H26OP/c29-25(22-21-24-13-5-1-6-14-24)23-30(26-15-7-2-8-16-26,27-17-9-3-10-18-27)28-19-11-4-12-20-28/h1-20H,21-23H2/q+1. The number of benzene rings is 4. The highest BCUT2D eigenvalue weighted by Crippen LogP contribution is 2.55. The lowest BCUT2D eigenvalue weighted by Gasteiger charge is -2.27. The van der Waals surface area contributed by atoms with Crippen molar-refractivity contribution in [2.24, 2.45) is 0 Å². The van der Waals surface area contributed by atoms with Crippen LogP contribution < -0.4 is 15.9 Å². The second kappa shape index (κ2) is 9.65. The first-order valence-corrected chi connectivity index (χ1v) is 12.4. The average molecular weight is 409 g/mol. The van der Waals surface area contributed by atoms with Crippen LogP contribution in [0.15, 0.2) is 121 Å². The molecule has 0 bridgehead atoms. The maximum atomic E-state index is 13.4. The molecule has 0 amide bonds. The van der Waals surface area contributed by atoms with E-state index >= 15 is 0 Å². The van der Waals surface area contributed by atoms with Gasteiger partial charge < -0.3 is 0 Å². The molecule has 0 aliphatic rings. The number of ketones is 1. The van der Waals surface area contributed by atoms with Crippen LogP contribution in [0.25, 0.3) is 0 Å². The topological polar surface area (TPSA) is 17.1 Å². The lowest BCUT2D eigenvalue weighted by atomic mass is 10.1. The van der Waals surface area contributed by atoms with Crippen LogP contribution in [0.5, 0.6) is 0 Å². The van der Waals surface area contributed by atoms with Crippen molar-refractivity contribution in [3.05, 3.63) is 127 Å². The lowest BCUT2D eigenvalue weighted by molar-refractivity contribution is -0.116. The predicted molar refractivity (Wildman–Crippen MR) is 130 cm³/mol.